The Morgan fingerprint density at radius 1 is 1.08 bits per heavy atom. The summed E-state index contributed by atoms with van der Waals surface area (Å²) >= 11 is 0. The first-order chi connectivity index (χ1) is 5.96. The van der Waals surface area contributed by atoms with Gasteiger partial charge in [0.25, 0.3) is 0 Å². The number of rotatable bonds is 4. The Kier molecular flexibility index (Phi) is 1.99. The molecule has 2 saturated carbocycles. The van der Waals surface area contributed by atoms with Gasteiger partial charge in [0.15, 0.2) is 0 Å². The first kappa shape index (κ1) is 9.51. The smallest absolute Gasteiger partial charge is 0.0181 e. The van der Waals surface area contributed by atoms with Crippen LogP contribution in [0.1, 0.15) is 47.0 Å². The summed E-state index contributed by atoms with van der Waals surface area (Å²) < 4.78 is 0. The zero-order valence-corrected chi connectivity index (χ0v) is 9.48. The number of hydrogen-bond donors (Lipinski definition) is 1. The fourth-order valence-electron chi connectivity index (χ4n) is 2.54. The lowest BCUT2D eigenvalue weighted by molar-refractivity contribution is 0.457. The van der Waals surface area contributed by atoms with E-state index in [1.807, 2.05) is 0 Å². The van der Waals surface area contributed by atoms with Crippen molar-refractivity contribution in [3.8, 4) is 0 Å². The van der Waals surface area contributed by atoms with E-state index >= 15 is 0 Å². The highest BCUT2D eigenvalue weighted by molar-refractivity contribution is 5.17. The molecule has 0 aromatic rings. The molecule has 0 aromatic heterocycles. The lowest BCUT2D eigenvalue weighted by atomic mass is 10.0. The lowest BCUT2D eigenvalue weighted by Crippen LogP contribution is -2.23. The fourth-order valence-corrected chi connectivity index (χ4v) is 2.54. The standard InChI is InChI=1S/C12H23N/c1-11(2)10(12(11,3)4)13-8-7-9-5-6-9/h9-10,13H,5-8H2,1-4H3. The molecule has 1 heteroatoms. The van der Waals surface area contributed by atoms with Gasteiger partial charge < -0.3 is 5.32 Å². The minimum absolute atomic E-state index is 0.510. The second kappa shape index (κ2) is 2.73. The maximum absolute atomic E-state index is 3.71. The van der Waals surface area contributed by atoms with Crippen molar-refractivity contribution in [2.75, 3.05) is 6.54 Å². The largest absolute Gasteiger partial charge is 0.313 e. The average molecular weight is 181 g/mol. The van der Waals surface area contributed by atoms with E-state index in [1.54, 1.807) is 0 Å². The van der Waals surface area contributed by atoms with E-state index in [1.165, 1.54) is 25.8 Å². The van der Waals surface area contributed by atoms with Crippen molar-refractivity contribution >= 4 is 0 Å². The van der Waals surface area contributed by atoms with Crippen LogP contribution in [0, 0.1) is 16.7 Å². The third-order valence-electron chi connectivity index (χ3n) is 4.62. The number of hydrogen-bond acceptors (Lipinski definition) is 1. The van der Waals surface area contributed by atoms with Crippen molar-refractivity contribution in [2.45, 2.75) is 53.0 Å². The second-order valence-electron chi connectivity index (χ2n) is 6.06. The van der Waals surface area contributed by atoms with Gasteiger partial charge in [-0.15, -0.1) is 0 Å². The molecule has 0 heterocycles. The summed E-state index contributed by atoms with van der Waals surface area (Å²) in [6, 6.07) is 0.749. The number of nitrogens with one attached hydrogen (secondary N) is 1. The van der Waals surface area contributed by atoms with E-state index in [0.29, 0.717) is 10.8 Å². The van der Waals surface area contributed by atoms with Crippen LogP contribution in [0.5, 0.6) is 0 Å². The van der Waals surface area contributed by atoms with Gasteiger partial charge in [0.1, 0.15) is 0 Å². The molecule has 0 atom stereocenters. The van der Waals surface area contributed by atoms with Gasteiger partial charge in [-0.3, -0.25) is 0 Å². The van der Waals surface area contributed by atoms with Crippen LogP contribution in [-0.4, -0.2) is 12.6 Å². The summed E-state index contributed by atoms with van der Waals surface area (Å²) in [5, 5.41) is 3.71. The zero-order chi connectivity index (χ0) is 9.69. The SMILES string of the molecule is CC1(C)C(NCCC2CC2)C1(C)C. The molecule has 0 aliphatic heterocycles. The quantitative estimate of drug-likeness (QED) is 0.703. The molecule has 0 unspecified atom stereocenters. The summed E-state index contributed by atoms with van der Waals surface area (Å²) in [6.07, 6.45) is 4.38. The van der Waals surface area contributed by atoms with Crippen LogP contribution in [0.2, 0.25) is 0 Å². The highest BCUT2D eigenvalue weighted by atomic mass is 15.0. The minimum atomic E-state index is 0.510. The van der Waals surface area contributed by atoms with E-state index in [4.69, 9.17) is 0 Å². The molecule has 13 heavy (non-hydrogen) atoms. The van der Waals surface area contributed by atoms with Gasteiger partial charge >= 0.3 is 0 Å². The maximum Gasteiger partial charge on any atom is 0.0181 e. The van der Waals surface area contributed by atoms with E-state index in [2.05, 4.69) is 33.0 Å². The lowest BCUT2D eigenvalue weighted by Gasteiger charge is -2.04. The highest BCUT2D eigenvalue weighted by Gasteiger charge is 2.64. The van der Waals surface area contributed by atoms with Crippen LogP contribution >= 0.6 is 0 Å². The summed E-state index contributed by atoms with van der Waals surface area (Å²) in [5.41, 5.74) is 1.02. The van der Waals surface area contributed by atoms with Crippen molar-refractivity contribution in [1.82, 2.24) is 5.32 Å². The van der Waals surface area contributed by atoms with Crippen molar-refractivity contribution < 1.29 is 0 Å². The van der Waals surface area contributed by atoms with Crippen LogP contribution in [0.4, 0.5) is 0 Å². The van der Waals surface area contributed by atoms with Gasteiger partial charge in [-0.25, -0.2) is 0 Å². The van der Waals surface area contributed by atoms with Gasteiger partial charge in [-0.05, 0) is 29.7 Å². The van der Waals surface area contributed by atoms with Crippen LogP contribution in [0.3, 0.4) is 0 Å². The monoisotopic (exact) mass is 181 g/mol. The molecule has 0 saturated heterocycles. The summed E-state index contributed by atoms with van der Waals surface area (Å²) in [7, 11) is 0. The van der Waals surface area contributed by atoms with Gasteiger partial charge in [0.2, 0.25) is 0 Å². The Balaban J connectivity index is 1.71. The molecule has 2 fully saturated rings. The second-order valence-corrected chi connectivity index (χ2v) is 6.06. The van der Waals surface area contributed by atoms with Crippen molar-refractivity contribution in [1.29, 1.82) is 0 Å². The van der Waals surface area contributed by atoms with E-state index < -0.39 is 0 Å². The first-order valence-electron chi connectivity index (χ1n) is 5.69. The first-order valence-corrected chi connectivity index (χ1v) is 5.69. The molecular weight excluding hydrogens is 158 g/mol. The molecule has 0 radical (unpaired) electrons. The van der Waals surface area contributed by atoms with Gasteiger partial charge in [0.05, 0.1) is 0 Å². The van der Waals surface area contributed by atoms with Gasteiger partial charge in [-0.1, -0.05) is 40.5 Å². The van der Waals surface area contributed by atoms with Gasteiger partial charge in [0, 0.05) is 6.04 Å². The maximum atomic E-state index is 3.71. The Bertz CT molecular complexity index is 187. The third kappa shape index (κ3) is 1.52. The summed E-state index contributed by atoms with van der Waals surface area (Å²) in [5.74, 6) is 1.07. The van der Waals surface area contributed by atoms with Crippen molar-refractivity contribution in [3.63, 3.8) is 0 Å². The van der Waals surface area contributed by atoms with Gasteiger partial charge in [-0.2, -0.15) is 0 Å². The van der Waals surface area contributed by atoms with Crippen LogP contribution in [0.15, 0.2) is 0 Å². The fraction of sp³-hybridized carbons (Fsp3) is 1.00. The topological polar surface area (TPSA) is 12.0 Å². The molecule has 2 aliphatic rings. The Hall–Kier alpha value is -0.0400. The third-order valence-corrected chi connectivity index (χ3v) is 4.62. The molecule has 1 nitrogen and oxygen atoms in total. The van der Waals surface area contributed by atoms with Crippen molar-refractivity contribution in [2.24, 2.45) is 16.7 Å². The van der Waals surface area contributed by atoms with E-state index in [9.17, 15) is 0 Å². The molecular formula is C12H23N. The normalized spacial score (nSPS) is 30.5. The molecule has 0 amide bonds. The summed E-state index contributed by atoms with van der Waals surface area (Å²) in [4.78, 5) is 0. The van der Waals surface area contributed by atoms with E-state index in [-0.39, 0.29) is 0 Å². The summed E-state index contributed by atoms with van der Waals surface area (Å²) in [6.45, 7) is 10.7. The molecule has 0 spiro atoms. The highest BCUT2D eigenvalue weighted by Crippen LogP contribution is 2.62. The molecule has 2 rings (SSSR count). The van der Waals surface area contributed by atoms with Crippen LogP contribution in [-0.2, 0) is 0 Å². The Labute approximate surface area is 82.3 Å². The molecule has 0 aromatic carbocycles. The molecule has 1 N–H and O–H groups in total. The average Bonchev–Trinajstić information content (AvgIpc) is 2.86. The predicted octanol–water partition coefficient (Wildman–Crippen LogP) is 2.81. The van der Waals surface area contributed by atoms with Crippen molar-refractivity contribution in [3.05, 3.63) is 0 Å². The minimum Gasteiger partial charge on any atom is -0.313 e. The zero-order valence-electron chi connectivity index (χ0n) is 9.48. The Morgan fingerprint density at radius 2 is 1.62 bits per heavy atom. The molecule has 76 valence electrons. The molecule has 0 bridgehead atoms. The molecule has 2 aliphatic carbocycles. The van der Waals surface area contributed by atoms with Crippen LogP contribution < -0.4 is 5.32 Å². The predicted molar refractivity (Wildman–Crippen MR) is 56.7 cm³/mol. The van der Waals surface area contributed by atoms with Crippen LogP contribution in [0.25, 0.3) is 0 Å². The van der Waals surface area contributed by atoms with E-state index in [0.717, 1.165) is 12.0 Å². The Morgan fingerprint density at radius 3 is 2.00 bits per heavy atom.